The fourth-order valence-electron chi connectivity index (χ4n) is 3.56. The van der Waals surface area contributed by atoms with Gasteiger partial charge in [0.25, 0.3) is 0 Å². The van der Waals surface area contributed by atoms with Gasteiger partial charge in [-0.3, -0.25) is 9.59 Å². The molecule has 2 rings (SSSR count). The standard InChI is InChI=1S/C18H32N2O2/c1-18(2,3)17(22)20-13-9-10-15(14-20)16(21)19-11-7-5-4-6-8-12-19/h15H,4-14H2,1-3H3. The van der Waals surface area contributed by atoms with Crippen molar-refractivity contribution in [1.82, 2.24) is 9.80 Å². The highest BCUT2D eigenvalue weighted by Crippen LogP contribution is 2.25. The van der Waals surface area contributed by atoms with Gasteiger partial charge in [-0.25, -0.2) is 0 Å². The quantitative estimate of drug-likeness (QED) is 0.747. The molecule has 2 aliphatic heterocycles. The Morgan fingerprint density at radius 1 is 0.818 bits per heavy atom. The Kier molecular flexibility index (Phi) is 5.87. The van der Waals surface area contributed by atoms with Crippen LogP contribution in [-0.4, -0.2) is 47.8 Å². The maximum Gasteiger partial charge on any atom is 0.227 e. The highest BCUT2D eigenvalue weighted by atomic mass is 16.2. The average molecular weight is 308 g/mol. The van der Waals surface area contributed by atoms with E-state index in [9.17, 15) is 9.59 Å². The molecule has 1 unspecified atom stereocenters. The zero-order valence-electron chi connectivity index (χ0n) is 14.6. The van der Waals surface area contributed by atoms with E-state index in [4.69, 9.17) is 0 Å². The Balaban J connectivity index is 1.95. The van der Waals surface area contributed by atoms with Crippen molar-refractivity contribution in [3.05, 3.63) is 0 Å². The number of piperidine rings is 1. The van der Waals surface area contributed by atoms with Gasteiger partial charge in [0, 0.05) is 31.6 Å². The van der Waals surface area contributed by atoms with E-state index in [2.05, 4.69) is 4.90 Å². The van der Waals surface area contributed by atoms with Crippen molar-refractivity contribution in [3.63, 3.8) is 0 Å². The summed E-state index contributed by atoms with van der Waals surface area (Å²) in [6, 6.07) is 0. The fraction of sp³-hybridized carbons (Fsp3) is 0.889. The number of hydrogen-bond donors (Lipinski definition) is 0. The van der Waals surface area contributed by atoms with Gasteiger partial charge in [-0.05, 0) is 25.7 Å². The molecular formula is C18H32N2O2. The molecule has 0 aromatic rings. The van der Waals surface area contributed by atoms with Gasteiger partial charge in [-0.1, -0.05) is 40.0 Å². The van der Waals surface area contributed by atoms with Crippen LogP contribution in [0.2, 0.25) is 0 Å². The van der Waals surface area contributed by atoms with Crippen LogP contribution in [0.1, 0.15) is 65.7 Å². The van der Waals surface area contributed by atoms with Crippen LogP contribution in [0.15, 0.2) is 0 Å². The van der Waals surface area contributed by atoms with Crippen LogP contribution < -0.4 is 0 Å². The molecule has 1 atom stereocenters. The Hall–Kier alpha value is -1.06. The number of hydrogen-bond acceptors (Lipinski definition) is 2. The first-order chi connectivity index (χ1) is 10.4. The van der Waals surface area contributed by atoms with Gasteiger partial charge in [0.1, 0.15) is 0 Å². The molecule has 4 nitrogen and oxygen atoms in total. The minimum Gasteiger partial charge on any atom is -0.342 e. The second-order valence-corrected chi connectivity index (χ2v) is 7.93. The molecule has 0 aromatic heterocycles. The molecule has 0 spiro atoms. The average Bonchev–Trinajstić information content (AvgIpc) is 2.45. The van der Waals surface area contributed by atoms with Crippen LogP contribution >= 0.6 is 0 Å². The molecule has 22 heavy (non-hydrogen) atoms. The fourth-order valence-corrected chi connectivity index (χ4v) is 3.56. The van der Waals surface area contributed by atoms with Gasteiger partial charge >= 0.3 is 0 Å². The van der Waals surface area contributed by atoms with E-state index in [1.54, 1.807) is 0 Å². The summed E-state index contributed by atoms with van der Waals surface area (Å²) in [5.41, 5.74) is -0.356. The molecule has 2 fully saturated rings. The van der Waals surface area contributed by atoms with Gasteiger partial charge in [0.15, 0.2) is 0 Å². The zero-order chi connectivity index (χ0) is 16.2. The van der Waals surface area contributed by atoms with Gasteiger partial charge in [0.2, 0.25) is 11.8 Å². The lowest BCUT2D eigenvalue weighted by Gasteiger charge is -2.38. The van der Waals surface area contributed by atoms with Crippen molar-refractivity contribution in [2.45, 2.75) is 65.7 Å². The van der Waals surface area contributed by atoms with Crippen molar-refractivity contribution in [1.29, 1.82) is 0 Å². The lowest BCUT2D eigenvalue weighted by atomic mass is 9.90. The second kappa shape index (κ2) is 7.47. The van der Waals surface area contributed by atoms with E-state index < -0.39 is 0 Å². The molecule has 0 aromatic carbocycles. The van der Waals surface area contributed by atoms with Crippen molar-refractivity contribution >= 4 is 11.8 Å². The minimum atomic E-state index is -0.356. The Labute approximate surface area is 135 Å². The van der Waals surface area contributed by atoms with Crippen LogP contribution in [0, 0.1) is 11.3 Å². The van der Waals surface area contributed by atoms with E-state index in [0.717, 1.165) is 45.3 Å². The Bertz CT molecular complexity index is 392. The van der Waals surface area contributed by atoms with Gasteiger partial charge in [0.05, 0.1) is 5.92 Å². The van der Waals surface area contributed by atoms with E-state index >= 15 is 0 Å². The minimum absolute atomic E-state index is 0.0134. The molecular weight excluding hydrogens is 276 g/mol. The van der Waals surface area contributed by atoms with E-state index in [1.807, 2.05) is 25.7 Å². The van der Waals surface area contributed by atoms with Crippen molar-refractivity contribution in [3.8, 4) is 0 Å². The molecule has 0 radical (unpaired) electrons. The van der Waals surface area contributed by atoms with Crippen molar-refractivity contribution in [2.75, 3.05) is 26.2 Å². The zero-order valence-corrected chi connectivity index (χ0v) is 14.6. The number of carbonyl (C=O) groups excluding carboxylic acids is 2. The largest absolute Gasteiger partial charge is 0.342 e. The molecule has 2 amide bonds. The summed E-state index contributed by atoms with van der Waals surface area (Å²) in [4.78, 5) is 29.3. The first-order valence-corrected chi connectivity index (χ1v) is 8.98. The second-order valence-electron chi connectivity index (χ2n) is 7.93. The topological polar surface area (TPSA) is 40.6 Å². The molecule has 126 valence electrons. The normalized spacial score (nSPS) is 24.6. The monoisotopic (exact) mass is 308 g/mol. The lowest BCUT2D eigenvalue weighted by Crippen LogP contribution is -2.49. The summed E-state index contributed by atoms with van der Waals surface area (Å²) >= 11 is 0. The lowest BCUT2D eigenvalue weighted by molar-refractivity contribution is -0.145. The number of rotatable bonds is 1. The van der Waals surface area contributed by atoms with E-state index in [-0.39, 0.29) is 23.1 Å². The number of amides is 2. The van der Waals surface area contributed by atoms with Crippen LogP contribution in [0.3, 0.4) is 0 Å². The molecule has 0 bridgehead atoms. The predicted molar refractivity (Wildman–Crippen MR) is 88.4 cm³/mol. The van der Waals surface area contributed by atoms with E-state index in [0.29, 0.717) is 6.54 Å². The van der Waals surface area contributed by atoms with Crippen LogP contribution in [-0.2, 0) is 9.59 Å². The summed E-state index contributed by atoms with van der Waals surface area (Å²) in [5, 5.41) is 0. The van der Waals surface area contributed by atoms with Gasteiger partial charge in [-0.15, -0.1) is 0 Å². The van der Waals surface area contributed by atoms with Crippen molar-refractivity contribution < 1.29 is 9.59 Å². The predicted octanol–water partition coefficient (Wildman–Crippen LogP) is 3.06. The summed E-state index contributed by atoms with van der Waals surface area (Å²) in [5.74, 6) is 0.477. The Morgan fingerprint density at radius 2 is 1.36 bits per heavy atom. The first-order valence-electron chi connectivity index (χ1n) is 8.98. The van der Waals surface area contributed by atoms with Gasteiger partial charge < -0.3 is 9.80 Å². The molecule has 2 saturated heterocycles. The third-order valence-electron chi connectivity index (χ3n) is 4.87. The SMILES string of the molecule is CC(C)(C)C(=O)N1CCCC(C(=O)N2CCCCCCC2)C1. The highest BCUT2D eigenvalue weighted by Gasteiger charge is 2.34. The summed E-state index contributed by atoms with van der Waals surface area (Å²) in [7, 11) is 0. The highest BCUT2D eigenvalue weighted by molar-refractivity contribution is 5.84. The number of nitrogens with zero attached hydrogens (tertiary/aromatic N) is 2. The van der Waals surface area contributed by atoms with Crippen LogP contribution in [0.25, 0.3) is 0 Å². The Morgan fingerprint density at radius 3 is 1.95 bits per heavy atom. The maximum atomic E-state index is 12.8. The van der Waals surface area contributed by atoms with Gasteiger partial charge in [-0.2, -0.15) is 0 Å². The van der Waals surface area contributed by atoms with E-state index in [1.165, 1.54) is 19.3 Å². The molecule has 0 saturated carbocycles. The van der Waals surface area contributed by atoms with Crippen LogP contribution in [0.5, 0.6) is 0 Å². The van der Waals surface area contributed by atoms with Crippen molar-refractivity contribution in [2.24, 2.45) is 11.3 Å². The summed E-state index contributed by atoms with van der Waals surface area (Å²) in [6.07, 6.45) is 7.92. The molecule has 2 heterocycles. The summed E-state index contributed by atoms with van der Waals surface area (Å²) in [6.45, 7) is 9.10. The smallest absolute Gasteiger partial charge is 0.227 e. The van der Waals surface area contributed by atoms with Crippen LogP contribution in [0.4, 0.5) is 0 Å². The molecule has 0 aliphatic carbocycles. The molecule has 4 heteroatoms. The third kappa shape index (κ3) is 4.47. The molecule has 2 aliphatic rings. The first kappa shape index (κ1) is 17.3. The molecule has 0 N–H and O–H groups in total. The third-order valence-corrected chi connectivity index (χ3v) is 4.87. The summed E-state index contributed by atoms with van der Waals surface area (Å²) < 4.78 is 0. The number of likely N-dealkylation sites (tertiary alicyclic amines) is 2. The number of carbonyl (C=O) groups is 2. The maximum absolute atomic E-state index is 12.8.